The second-order valence-corrected chi connectivity index (χ2v) is 10.2. The predicted octanol–water partition coefficient (Wildman–Crippen LogP) is 4.28. The zero-order valence-electron chi connectivity index (χ0n) is 21.1. The maximum Gasteiger partial charge on any atom is 0.142 e. The van der Waals surface area contributed by atoms with E-state index >= 15 is 0 Å². The van der Waals surface area contributed by atoms with Crippen LogP contribution in [0.15, 0.2) is 43.7 Å². The summed E-state index contributed by atoms with van der Waals surface area (Å²) in [5.74, 6) is 0.452. The summed E-state index contributed by atoms with van der Waals surface area (Å²) in [7, 11) is 2.23. The minimum atomic E-state index is -0.350. The number of likely N-dealkylation sites (tertiary alicyclic amines) is 1. The third-order valence-corrected chi connectivity index (χ3v) is 7.35. The average Bonchev–Trinajstić information content (AvgIpc) is 3.47. The molecule has 2 unspecified atom stereocenters. The van der Waals surface area contributed by atoms with Gasteiger partial charge in [0.05, 0.1) is 31.0 Å². The van der Waals surface area contributed by atoms with E-state index < -0.39 is 0 Å². The van der Waals surface area contributed by atoms with Gasteiger partial charge in [0, 0.05) is 56.2 Å². The van der Waals surface area contributed by atoms with Gasteiger partial charge in [-0.05, 0) is 51.1 Å². The molecule has 6 rings (SSSR count). The van der Waals surface area contributed by atoms with E-state index in [1.54, 1.807) is 18.6 Å². The van der Waals surface area contributed by atoms with Crippen molar-refractivity contribution in [2.75, 3.05) is 44.7 Å². The van der Waals surface area contributed by atoms with Gasteiger partial charge in [-0.1, -0.05) is 19.4 Å². The minimum absolute atomic E-state index is 0.350. The Morgan fingerprint density at radius 2 is 1.86 bits per heavy atom. The van der Waals surface area contributed by atoms with Gasteiger partial charge < -0.3 is 19.9 Å². The highest BCUT2D eigenvalue weighted by atomic mass is 19.1. The molecule has 0 aromatic carbocycles. The smallest absolute Gasteiger partial charge is 0.142 e. The molecule has 8 heteroatoms. The van der Waals surface area contributed by atoms with E-state index in [0.717, 1.165) is 30.9 Å². The maximum atomic E-state index is 13.6. The van der Waals surface area contributed by atoms with E-state index in [2.05, 4.69) is 48.4 Å². The number of rotatable bonds is 4. The van der Waals surface area contributed by atoms with E-state index in [1.165, 1.54) is 70.1 Å². The van der Waals surface area contributed by atoms with Crippen molar-refractivity contribution in [2.24, 2.45) is 5.41 Å². The molecule has 190 valence electrons. The van der Waals surface area contributed by atoms with Crippen molar-refractivity contribution in [1.29, 1.82) is 0 Å². The zero-order chi connectivity index (χ0) is 24.7. The molecule has 1 saturated carbocycles. The molecular weight excluding hydrogens is 443 g/mol. The Hall–Kier alpha value is -2.58. The summed E-state index contributed by atoms with van der Waals surface area (Å²) < 4.78 is 18.2. The molecule has 2 aromatic rings. The Labute approximate surface area is 208 Å². The lowest BCUT2D eigenvalue weighted by atomic mass is 9.79. The van der Waals surface area contributed by atoms with Crippen molar-refractivity contribution >= 4 is 5.82 Å². The fraction of sp³-hybridized carbons (Fsp3) is 0.593. The van der Waals surface area contributed by atoms with Crippen LogP contribution >= 0.6 is 0 Å². The quantitative estimate of drug-likeness (QED) is 0.653. The van der Waals surface area contributed by atoms with E-state index in [9.17, 15) is 4.39 Å². The number of halogens is 1. The molecule has 4 fully saturated rings. The topological polar surface area (TPSA) is 66.4 Å². The first-order valence-electron chi connectivity index (χ1n) is 12.9. The minimum Gasteiger partial charge on any atom is -0.502 e. The molecule has 4 aliphatic rings. The van der Waals surface area contributed by atoms with Crippen molar-refractivity contribution in [2.45, 2.75) is 57.5 Å². The van der Waals surface area contributed by atoms with Crippen LogP contribution in [-0.2, 0) is 4.74 Å². The van der Waals surface area contributed by atoms with Crippen LogP contribution in [0.3, 0.4) is 0 Å². The number of nitrogens with one attached hydrogen (secondary N) is 1. The summed E-state index contributed by atoms with van der Waals surface area (Å²) in [6.07, 6.45) is 16.0. The van der Waals surface area contributed by atoms with Crippen molar-refractivity contribution in [3.63, 3.8) is 0 Å². The molecule has 1 N–H and O–H groups in total. The molecule has 0 amide bonds. The Kier molecular flexibility index (Phi) is 8.68. The number of aromatic nitrogens is 3. The second kappa shape index (κ2) is 11.9. The first-order chi connectivity index (χ1) is 17.0. The molecule has 3 saturated heterocycles. The van der Waals surface area contributed by atoms with Gasteiger partial charge in [-0.2, -0.15) is 0 Å². The third kappa shape index (κ3) is 6.55. The van der Waals surface area contributed by atoms with Crippen LogP contribution in [0.5, 0.6) is 0 Å². The number of nitrogens with zero attached hydrogens (tertiary/aromatic N) is 5. The number of pyridine rings is 1. The van der Waals surface area contributed by atoms with Crippen molar-refractivity contribution in [3.8, 4) is 11.3 Å². The zero-order valence-corrected chi connectivity index (χ0v) is 21.1. The Morgan fingerprint density at radius 3 is 2.40 bits per heavy atom. The van der Waals surface area contributed by atoms with Gasteiger partial charge in [-0.25, -0.2) is 9.37 Å². The fourth-order valence-electron chi connectivity index (χ4n) is 5.94. The third-order valence-electron chi connectivity index (χ3n) is 7.35. The summed E-state index contributed by atoms with van der Waals surface area (Å²) in [4.78, 5) is 17.4. The molecule has 0 radical (unpaired) electrons. The number of anilines is 1. The van der Waals surface area contributed by atoms with Crippen LogP contribution in [0.25, 0.3) is 11.3 Å². The normalized spacial score (nSPS) is 24.0. The van der Waals surface area contributed by atoms with Gasteiger partial charge in [-0.3, -0.25) is 9.97 Å². The second-order valence-electron chi connectivity index (χ2n) is 10.2. The molecule has 5 heterocycles. The van der Waals surface area contributed by atoms with Gasteiger partial charge in [0.15, 0.2) is 0 Å². The molecular formula is C27H39FN6O. The fourth-order valence-corrected chi connectivity index (χ4v) is 5.94. The lowest BCUT2D eigenvalue weighted by molar-refractivity contribution is 0.0289. The molecule has 2 atom stereocenters. The molecule has 1 spiro atoms. The predicted molar refractivity (Wildman–Crippen MR) is 138 cm³/mol. The van der Waals surface area contributed by atoms with Crippen molar-refractivity contribution in [3.05, 3.63) is 49.5 Å². The van der Waals surface area contributed by atoms with Crippen molar-refractivity contribution < 1.29 is 9.13 Å². The summed E-state index contributed by atoms with van der Waals surface area (Å²) in [5, 5.41) is 3.59. The van der Waals surface area contributed by atoms with E-state index in [1.807, 2.05) is 6.92 Å². The van der Waals surface area contributed by atoms with Crippen LogP contribution in [0, 0.1) is 11.2 Å². The lowest BCUT2D eigenvalue weighted by Gasteiger charge is -2.46. The van der Waals surface area contributed by atoms with Gasteiger partial charge in [0.1, 0.15) is 11.6 Å². The number of hydrogen-bond acceptors (Lipinski definition) is 7. The molecule has 3 aliphatic heterocycles. The summed E-state index contributed by atoms with van der Waals surface area (Å²) in [6, 6.07) is 2.51. The van der Waals surface area contributed by atoms with E-state index in [-0.39, 0.29) is 5.82 Å². The number of ether oxygens (including phenoxy) is 1. The summed E-state index contributed by atoms with van der Waals surface area (Å²) >= 11 is 0. The summed E-state index contributed by atoms with van der Waals surface area (Å²) in [5.41, 5.74) is 2.18. The van der Waals surface area contributed by atoms with Gasteiger partial charge in [0.2, 0.25) is 0 Å². The summed E-state index contributed by atoms with van der Waals surface area (Å²) in [6.45, 7) is 10.5. The molecule has 2 bridgehead atoms. The van der Waals surface area contributed by atoms with Gasteiger partial charge >= 0.3 is 0 Å². The highest BCUT2D eigenvalue weighted by Crippen LogP contribution is 2.44. The van der Waals surface area contributed by atoms with Crippen LogP contribution in [0.1, 0.15) is 45.4 Å². The van der Waals surface area contributed by atoms with Gasteiger partial charge in [0.25, 0.3) is 0 Å². The number of fused-ring (bicyclic) bond motifs is 2. The van der Waals surface area contributed by atoms with Crippen LogP contribution in [0.2, 0.25) is 0 Å². The van der Waals surface area contributed by atoms with Crippen LogP contribution < -0.4 is 10.2 Å². The highest BCUT2D eigenvalue weighted by molar-refractivity contribution is 5.73. The largest absolute Gasteiger partial charge is 0.502 e. The first kappa shape index (κ1) is 25.5. The van der Waals surface area contributed by atoms with Crippen LogP contribution in [-0.4, -0.2) is 71.8 Å². The maximum absolute atomic E-state index is 13.6. The lowest BCUT2D eigenvalue weighted by Crippen LogP contribution is -2.52. The Balaban J connectivity index is 0.000000170. The SMILES string of the molecule is C=COCC.CN1CC2(CCCC2)C1.Fc1cnc(N2CC3CCC(C2)N3)c(-c2cnccn2)c1. The Bertz CT molecular complexity index is 932. The van der Waals surface area contributed by atoms with Crippen molar-refractivity contribution in [1.82, 2.24) is 25.2 Å². The standard InChI is InChI=1S/C15H16FN5.C8H15N.C4H8O/c16-10-5-13(14-7-17-3-4-18-14)15(19-6-10)21-8-11-1-2-12(9-21)20-11;1-9-6-8(7-9)4-2-3-5-8;1-3-5-4-2/h3-7,11-12,20H,1-2,8-9H2;2-7H2,1H3;3H,1,4H2,2H3. The molecule has 35 heavy (non-hydrogen) atoms. The molecule has 2 aromatic heterocycles. The molecule has 7 nitrogen and oxygen atoms in total. The Morgan fingerprint density at radius 1 is 1.14 bits per heavy atom. The number of hydrogen-bond donors (Lipinski definition) is 1. The van der Waals surface area contributed by atoms with Crippen LogP contribution in [0.4, 0.5) is 10.2 Å². The average molecular weight is 483 g/mol. The van der Waals surface area contributed by atoms with E-state index in [4.69, 9.17) is 0 Å². The van der Waals surface area contributed by atoms with Gasteiger partial charge in [-0.15, -0.1) is 0 Å². The monoisotopic (exact) mass is 482 g/mol. The highest BCUT2D eigenvalue weighted by Gasteiger charge is 2.42. The first-order valence-corrected chi connectivity index (χ1v) is 12.9. The number of piperazine rings is 1. The van der Waals surface area contributed by atoms with E-state index in [0.29, 0.717) is 23.3 Å². The molecule has 1 aliphatic carbocycles.